The minimum absolute atomic E-state index is 1.21. The molecule has 0 aromatic heterocycles. The topological polar surface area (TPSA) is 0 Å². The summed E-state index contributed by atoms with van der Waals surface area (Å²) >= 11 is 0. The van der Waals surface area contributed by atoms with Crippen molar-refractivity contribution in [2.24, 2.45) is 0 Å². The number of hydrogen-bond acceptors (Lipinski definition) is 0. The molecule has 0 aliphatic heterocycles. The molecule has 0 radical (unpaired) electrons. The predicted molar refractivity (Wildman–Crippen MR) is 278 cm³/mol. The van der Waals surface area contributed by atoms with Gasteiger partial charge in [-0.15, -0.1) is 0 Å². The van der Waals surface area contributed by atoms with Crippen molar-refractivity contribution in [2.75, 3.05) is 0 Å². The van der Waals surface area contributed by atoms with Gasteiger partial charge in [0.2, 0.25) is 0 Å². The molecule has 294 valence electrons. The van der Waals surface area contributed by atoms with Crippen molar-refractivity contribution in [1.82, 2.24) is 0 Å². The molecular weight excluding hydrogens is 769 g/mol. The van der Waals surface area contributed by atoms with E-state index in [4.69, 9.17) is 0 Å². The van der Waals surface area contributed by atoms with E-state index in [-0.39, 0.29) is 0 Å². The highest BCUT2D eigenvalue weighted by Gasteiger charge is 2.23. The third-order valence-corrected chi connectivity index (χ3v) is 14.2. The van der Waals surface area contributed by atoms with Gasteiger partial charge >= 0.3 is 0 Å². The fraction of sp³-hybridized carbons (Fsp3) is 0. The number of hydrogen-bond donors (Lipinski definition) is 0. The molecule has 0 saturated heterocycles. The summed E-state index contributed by atoms with van der Waals surface area (Å²) in [5.41, 5.74) is 7.46. The molecule has 0 bridgehead atoms. The molecule has 14 rings (SSSR count). The van der Waals surface area contributed by atoms with Crippen LogP contribution in [-0.4, -0.2) is 0 Å². The quantitative estimate of drug-likeness (QED) is 0.123. The fourth-order valence-electron chi connectivity index (χ4n) is 11.5. The van der Waals surface area contributed by atoms with Gasteiger partial charge in [0.05, 0.1) is 0 Å². The molecule has 0 amide bonds. The zero-order valence-electron chi connectivity index (χ0n) is 34.9. The SMILES string of the molecule is c1ccc(-c2ccc3c(-c4cc5c6ccccc6c6ccccc6c5c5ccccc45)c4ccccc4c(-c4cc5c6ccccc6c6ccccc6c5c5ccccc45)c3c2)cc1. The fourth-order valence-corrected chi connectivity index (χ4v) is 11.5. The van der Waals surface area contributed by atoms with Crippen LogP contribution in [-0.2, 0) is 0 Å². The molecule has 0 spiro atoms. The summed E-state index contributed by atoms with van der Waals surface area (Å²) in [5.74, 6) is 0. The van der Waals surface area contributed by atoms with Crippen LogP contribution in [0, 0.1) is 0 Å². The van der Waals surface area contributed by atoms with Gasteiger partial charge in [-0.1, -0.05) is 212 Å². The summed E-state index contributed by atoms with van der Waals surface area (Å²) in [6.07, 6.45) is 0. The maximum atomic E-state index is 2.52. The minimum atomic E-state index is 1.21. The molecule has 0 aliphatic carbocycles. The third-order valence-electron chi connectivity index (χ3n) is 14.2. The summed E-state index contributed by atoms with van der Waals surface area (Å²) in [7, 11) is 0. The van der Waals surface area contributed by atoms with E-state index >= 15 is 0 Å². The van der Waals surface area contributed by atoms with Crippen LogP contribution in [0.2, 0.25) is 0 Å². The second-order valence-electron chi connectivity index (χ2n) is 17.4. The molecule has 0 unspecified atom stereocenters. The standard InChI is InChI=1S/C64H38/c1-2-18-39(19-3-1)40-34-35-55-56(36-40)64(60-38-58-46-25-7-5-21-42(46)44-23-9-13-29-50(44)62(58)52-31-15-11-27-48(52)60)54-33-17-16-32-53(54)63(55)59-37-57-45-24-6-4-20-41(45)43-22-8-12-28-49(43)61(57)51-30-14-10-26-47(51)59/h1-38H. The van der Waals surface area contributed by atoms with E-state index in [0.29, 0.717) is 0 Å². The molecule has 0 saturated carbocycles. The highest BCUT2D eigenvalue weighted by atomic mass is 14.3. The Morgan fingerprint density at radius 3 is 0.891 bits per heavy atom. The van der Waals surface area contributed by atoms with E-state index in [1.807, 2.05) is 0 Å². The van der Waals surface area contributed by atoms with Gasteiger partial charge in [-0.3, -0.25) is 0 Å². The first-order valence-corrected chi connectivity index (χ1v) is 22.3. The van der Waals surface area contributed by atoms with Gasteiger partial charge in [0.1, 0.15) is 0 Å². The van der Waals surface area contributed by atoms with Crippen LogP contribution in [0.5, 0.6) is 0 Å². The molecule has 0 fully saturated rings. The van der Waals surface area contributed by atoms with Crippen LogP contribution in [0.15, 0.2) is 231 Å². The first-order valence-electron chi connectivity index (χ1n) is 22.3. The molecule has 0 heteroatoms. The lowest BCUT2D eigenvalue weighted by molar-refractivity contribution is 1.64. The minimum Gasteiger partial charge on any atom is -0.0622 e. The maximum Gasteiger partial charge on any atom is -0.00197 e. The lowest BCUT2D eigenvalue weighted by atomic mass is 9.80. The van der Waals surface area contributed by atoms with Gasteiger partial charge in [-0.25, -0.2) is 0 Å². The maximum absolute atomic E-state index is 2.52. The summed E-state index contributed by atoms with van der Waals surface area (Å²) in [6, 6.07) is 86.3. The molecule has 14 aromatic carbocycles. The van der Waals surface area contributed by atoms with Crippen LogP contribution in [0.1, 0.15) is 0 Å². The molecule has 0 N–H and O–H groups in total. The number of fused-ring (bicyclic) bond motifs is 18. The molecule has 0 heterocycles. The van der Waals surface area contributed by atoms with Crippen molar-refractivity contribution in [3.05, 3.63) is 231 Å². The zero-order chi connectivity index (χ0) is 41.9. The Kier molecular flexibility index (Phi) is 7.49. The lowest BCUT2D eigenvalue weighted by Crippen LogP contribution is -1.95. The third kappa shape index (κ3) is 4.94. The summed E-state index contributed by atoms with van der Waals surface area (Å²) < 4.78 is 0. The molecule has 64 heavy (non-hydrogen) atoms. The van der Waals surface area contributed by atoms with Gasteiger partial charge < -0.3 is 0 Å². The highest BCUT2D eigenvalue weighted by Crippen LogP contribution is 2.51. The van der Waals surface area contributed by atoms with Crippen LogP contribution in [0.3, 0.4) is 0 Å². The second kappa shape index (κ2) is 13.6. The summed E-state index contributed by atoms with van der Waals surface area (Å²) in [5, 5.41) is 25.5. The molecule has 0 atom stereocenters. The largest absolute Gasteiger partial charge is 0.0622 e. The van der Waals surface area contributed by atoms with Crippen LogP contribution in [0.4, 0.5) is 0 Å². The normalized spacial score (nSPS) is 12.1. The summed E-state index contributed by atoms with van der Waals surface area (Å²) in [6.45, 7) is 0. The van der Waals surface area contributed by atoms with Gasteiger partial charge in [0.15, 0.2) is 0 Å². The monoisotopic (exact) mass is 806 g/mol. The van der Waals surface area contributed by atoms with Gasteiger partial charge in [0, 0.05) is 0 Å². The van der Waals surface area contributed by atoms with E-state index in [1.165, 1.54) is 141 Å². The smallest absolute Gasteiger partial charge is 0.00197 e. The molecular formula is C64H38. The van der Waals surface area contributed by atoms with Crippen molar-refractivity contribution >= 4 is 108 Å². The Hall–Kier alpha value is -8.32. The van der Waals surface area contributed by atoms with Crippen molar-refractivity contribution < 1.29 is 0 Å². The molecule has 0 nitrogen and oxygen atoms in total. The summed E-state index contributed by atoms with van der Waals surface area (Å²) in [4.78, 5) is 0. The van der Waals surface area contributed by atoms with Crippen molar-refractivity contribution in [1.29, 1.82) is 0 Å². The first kappa shape index (κ1) is 35.3. The Labute approximate surface area is 369 Å². The first-order chi connectivity index (χ1) is 31.8. The van der Waals surface area contributed by atoms with Crippen molar-refractivity contribution in [3.8, 4) is 33.4 Å². The van der Waals surface area contributed by atoms with Gasteiger partial charge in [0.25, 0.3) is 0 Å². The van der Waals surface area contributed by atoms with Crippen molar-refractivity contribution in [3.63, 3.8) is 0 Å². The van der Waals surface area contributed by atoms with E-state index in [0.717, 1.165) is 0 Å². The Morgan fingerprint density at radius 2 is 0.453 bits per heavy atom. The van der Waals surface area contributed by atoms with Crippen LogP contribution < -0.4 is 0 Å². The van der Waals surface area contributed by atoms with Crippen molar-refractivity contribution in [2.45, 2.75) is 0 Å². The average Bonchev–Trinajstić information content (AvgIpc) is 3.37. The number of benzene rings is 14. The van der Waals surface area contributed by atoms with E-state index < -0.39 is 0 Å². The van der Waals surface area contributed by atoms with Gasteiger partial charge in [-0.05, 0) is 159 Å². The van der Waals surface area contributed by atoms with Crippen LogP contribution in [0.25, 0.3) is 141 Å². The Morgan fingerprint density at radius 1 is 0.156 bits per heavy atom. The van der Waals surface area contributed by atoms with Gasteiger partial charge in [-0.2, -0.15) is 0 Å². The zero-order valence-corrected chi connectivity index (χ0v) is 34.9. The van der Waals surface area contributed by atoms with E-state index in [1.54, 1.807) is 0 Å². The Bertz CT molecular complexity index is 4290. The second-order valence-corrected chi connectivity index (χ2v) is 17.4. The number of rotatable bonds is 3. The van der Waals surface area contributed by atoms with E-state index in [9.17, 15) is 0 Å². The van der Waals surface area contributed by atoms with Crippen LogP contribution >= 0.6 is 0 Å². The lowest BCUT2D eigenvalue weighted by Gasteiger charge is -2.22. The predicted octanol–water partition coefficient (Wildman–Crippen LogP) is 18.2. The molecule has 0 aliphatic rings. The molecule has 14 aromatic rings. The average molecular weight is 807 g/mol. The Balaban J connectivity index is 1.19. The highest BCUT2D eigenvalue weighted by molar-refractivity contribution is 6.37. The van der Waals surface area contributed by atoms with E-state index in [2.05, 4.69) is 231 Å².